The lowest BCUT2D eigenvalue weighted by Gasteiger charge is -2.12. The lowest BCUT2D eigenvalue weighted by molar-refractivity contribution is 0.280. The Balaban J connectivity index is 1.87. The van der Waals surface area contributed by atoms with E-state index in [1.54, 1.807) is 0 Å². The van der Waals surface area contributed by atoms with Gasteiger partial charge in [-0.3, -0.25) is 9.20 Å². The number of aliphatic hydroxyl groups is 1. The van der Waals surface area contributed by atoms with E-state index in [9.17, 15) is 14.3 Å². The molecule has 0 fully saturated rings. The monoisotopic (exact) mass is 338 g/mol. The van der Waals surface area contributed by atoms with Crippen LogP contribution >= 0.6 is 0 Å². The first kappa shape index (κ1) is 15.3. The van der Waals surface area contributed by atoms with Crippen LogP contribution < -0.4 is 10.9 Å². The number of benzene rings is 1. The predicted molar refractivity (Wildman–Crippen MR) is 93.5 cm³/mol. The lowest BCUT2D eigenvalue weighted by Crippen LogP contribution is -2.22. The molecule has 0 aliphatic heterocycles. The second kappa shape index (κ2) is 5.71. The van der Waals surface area contributed by atoms with Crippen LogP contribution in [-0.4, -0.2) is 19.1 Å². The topological polar surface area (TPSA) is 71.6 Å². The number of halogens is 1. The highest BCUT2D eigenvalue weighted by Gasteiger charge is 2.14. The third kappa shape index (κ3) is 2.45. The summed E-state index contributed by atoms with van der Waals surface area (Å²) in [5.41, 5.74) is 1.24. The minimum Gasteiger partial charge on any atom is -0.391 e. The molecule has 0 unspecified atom stereocenters. The molecule has 25 heavy (non-hydrogen) atoms. The number of aryl methyl sites for hydroxylation is 1. The fraction of sp³-hybridized carbons (Fsp3) is 0.111. The fourth-order valence-electron chi connectivity index (χ4n) is 2.91. The molecule has 3 aromatic heterocycles. The molecule has 4 rings (SSSR count). The number of hydrogen-bond acceptors (Lipinski definition) is 4. The molecule has 4 aromatic rings. The van der Waals surface area contributed by atoms with Crippen molar-refractivity contribution in [3.05, 3.63) is 70.5 Å². The molecule has 0 amide bonds. The number of nitrogens with one attached hydrogen (secondary N) is 1. The SMILES string of the molecule is Cn1ccc2cc(Nc3nc4c(F)cccn4c(=O)c3CO)ccc21. The summed E-state index contributed by atoms with van der Waals surface area (Å²) in [6.45, 7) is -0.499. The molecule has 2 N–H and O–H groups in total. The van der Waals surface area contributed by atoms with Crippen molar-refractivity contribution < 1.29 is 9.50 Å². The Morgan fingerprint density at radius 3 is 2.88 bits per heavy atom. The maximum atomic E-state index is 14.0. The van der Waals surface area contributed by atoms with Gasteiger partial charge in [-0.15, -0.1) is 0 Å². The maximum Gasteiger partial charge on any atom is 0.265 e. The van der Waals surface area contributed by atoms with Gasteiger partial charge in [0.25, 0.3) is 5.56 Å². The third-order valence-electron chi connectivity index (χ3n) is 4.21. The van der Waals surface area contributed by atoms with Crippen LogP contribution in [0.4, 0.5) is 15.9 Å². The van der Waals surface area contributed by atoms with Gasteiger partial charge >= 0.3 is 0 Å². The quantitative estimate of drug-likeness (QED) is 0.602. The zero-order valence-electron chi connectivity index (χ0n) is 13.4. The van der Waals surface area contributed by atoms with Crippen LogP contribution in [0, 0.1) is 5.82 Å². The number of pyridine rings is 1. The normalized spacial score (nSPS) is 11.3. The summed E-state index contributed by atoms with van der Waals surface area (Å²) in [6, 6.07) is 10.3. The molecule has 0 atom stereocenters. The number of nitrogens with zero attached hydrogens (tertiary/aromatic N) is 3. The van der Waals surface area contributed by atoms with Crippen LogP contribution in [0.15, 0.2) is 53.6 Å². The highest BCUT2D eigenvalue weighted by molar-refractivity contribution is 5.84. The van der Waals surface area contributed by atoms with E-state index in [4.69, 9.17) is 0 Å². The molecule has 0 spiro atoms. The van der Waals surface area contributed by atoms with Crippen LogP contribution in [0.5, 0.6) is 0 Å². The van der Waals surface area contributed by atoms with E-state index >= 15 is 0 Å². The van der Waals surface area contributed by atoms with Gasteiger partial charge in [-0.1, -0.05) is 0 Å². The smallest absolute Gasteiger partial charge is 0.265 e. The molecule has 0 aliphatic carbocycles. The van der Waals surface area contributed by atoms with Gasteiger partial charge in [-0.05, 0) is 36.4 Å². The standard InChI is InChI=1S/C18H15FN4O2/c1-22-8-6-11-9-12(4-5-15(11)22)20-16-13(10-24)18(25)23-7-2-3-14(19)17(23)21-16/h2-9,20,24H,10H2,1H3. The van der Waals surface area contributed by atoms with Gasteiger partial charge in [0.1, 0.15) is 5.82 Å². The first-order chi connectivity index (χ1) is 12.1. The Labute approximate surface area is 141 Å². The van der Waals surface area contributed by atoms with E-state index in [0.717, 1.165) is 15.3 Å². The van der Waals surface area contributed by atoms with E-state index in [-0.39, 0.29) is 17.0 Å². The largest absolute Gasteiger partial charge is 0.391 e. The van der Waals surface area contributed by atoms with Crippen LogP contribution in [0.3, 0.4) is 0 Å². The molecule has 7 heteroatoms. The Hall–Kier alpha value is -3.19. The number of aliphatic hydroxyl groups excluding tert-OH is 1. The maximum absolute atomic E-state index is 14.0. The minimum absolute atomic E-state index is 0.0799. The van der Waals surface area contributed by atoms with E-state index in [1.807, 2.05) is 42.1 Å². The summed E-state index contributed by atoms with van der Waals surface area (Å²) in [7, 11) is 1.95. The second-order valence-corrected chi connectivity index (χ2v) is 5.78. The first-order valence-corrected chi connectivity index (χ1v) is 7.71. The van der Waals surface area contributed by atoms with Gasteiger partial charge in [-0.2, -0.15) is 0 Å². The van der Waals surface area contributed by atoms with Crippen molar-refractivity contribution in [2.75, 3.05) is 5.32 Å². The van der Waals surface area contributed by atoms with Gasteiger partial charge in [0.15, 0.2) is 11.5 Å². The van der Waals surface area contributed by atoms with Crippen molar-refractivity contribution >= 4 is 28.1 Å². The van der Waals surface area contributed by atoms with Crippen LogP contribution in [0.25, 0.3) is 16.6 Å². The van der Waals surface area contributed by atoms with Crippen molar-refractivity contribution in [3.8, 4) is 0 Å². The van der Waals surface area contributed by atoms with E-state index in [1.165, 1.54) is 18.3 Å². The molecule has 0 radical (unpaired) electrons. The molecule has 6 nitrogen and oxygen atoms in total. The molecule has 1 aromatic carbocycles. The highest BCUT2D eigenvalue weighted by Crippen LogP contribution is 2.23. The van der Waals surface area contributed by atoms with Crippen molar-refractivity contribution in [2.45, 2.75) is 6.61 Å². The van der Waals surface area contributed by atoms with E-state index < -0.39 is 18.0 Å². The van der Waals surface area contributed by atoms with Crippen LogP contribution in [0.2, 0.25) is 0 Å². The average molecular weight is 338 g/mol. The molecule has 126 valence electrons. The third-order valence-corrected chi connectivity index (χ3v) is 4.21. The predicted octanol–water partition coefficient (Wildman–Crippen LogP) is 2.56. The van der Waals surface area contributed by atoms with E-state index in [0.29, 0.717) is 5.69 Å². The summed E-state index contributed by atoms with van der Waals surface area (Å²) >= 11 is 0. The number of anilines is 2. The van der Waals surface area contributed by atoms with E-state index in [2.05, 4.69) is 10.3 Å². The Bertz CT molecular complexity index is 1160. The fourth-order valence-corrected chi connectivity index (χ4v) is 2.91. The number of aromatic nitrogens is 3. The van der Waals surface area contributed by atoms with Gasteiger partial charge in [0.2, 0.25) is 0 Å². The first-order valence-electron chi connectivity index (χ1n) is 7.71. The zero-order chi connectivity index (χ0) is 17.6. The van der Waals surface area contributed by atoms with Gasteiger partial charge in [0, 0.05) is 36.0 Å². The zero-order valence-corrected chi connectivity index (χ0v) is 13.4. The van der Waals surface area contributed by atoms with Crippen LogP contribution in [-0.2, 0) is 13.7 Å². The summed E-state index contributed by atoms with van der Waals surface area (Å²) in [5, 5.41) is 13.6. The molecule has 0 saturated heterocycles. The Morgan fingerprint density at radius 1 is 1.24 bits per heavy atom. The summed E-state index contributed by atoms with van der Waals surface area (Å²) in [6.07, 6.45) is 3.37. The molecule has 0 bridgehead atoms. The molecular formula is C18H15FN4O2. The second-order valence-electron chi connectivity index (χ2n) is 5.78. The summed E-state index contributed by atoms with van der Waals surface area (Å²) in [4.78, 5) is 16.7. The molecular weight excluding hydrogens is 323 g/mol. The van der Waals surface area contributed by atoms with Gasteiger partial charge in [0.05, 0.1) is 12.2 Å². The van der Waals surface area contributed by atoms with Crippen molar-refractivity contribution in [2.24, 2.45) is 7.05 Å². The highest BCUT2D eigenvalue weighted by atomic mass is 19.1. The average Bonchev–Trinajstić information content (AvgIpc) is 2.97. The number of fused-ring (bicyclic) bond motifs is 2. The Kier molecular flexibility index (Phi) is 3.51. The number of rotatable bonds is 3. The van der Waals surface area contributed by atoms with Gasteiger partial charge < -0.3 is 15.0 Å². The summed E-state index contributed by atoms with van der Waals surface area (Å²) in [5.74, 6) is -0.460. The minimum atomic E-state index is -0.606. The van der Waals surface area contributed by atoms with Crippen molar-refractivity contribution in [1.82, 2.24) is 14.0 Å². The molecule has 0 saturated carbocycles. The van der Waals surface area contributed by atoms with Gasteiger partial charge in [-0.25, -0.2) is 9.37 Å². The lowest BCUT2D eigenvalue weighted by atomic mass is 10.2. The van der Waals surface area contributed by atoms with Crippen LogP contribution in [0.1, 0.15) is 5.56 Å². The molecule has 0 aliphatic rings. The van der Waals surface area contributed by atoms with Crippen molar-refractivity contribution in [3.63, 3.8) is 0 Å². The molecule has 3 heterocycles. The Morgan fingerprint density at radius 2 is 2.08 bits per heavy atom. The van der Waals surface area contributed by atoms with Crippen molar-refractivity contribution in [1.29, 1.82) is 0 Å². The number of hydrogen-bond donors (Lipinski definition) is 2. The summed E-state index contributed by atoms with van der Waals surface area (Å²) < 4.78 is 17.1.